The van der Waals surface area contributed by atoms with Crippen LogP contribution in [0.2, 0.25) is 0 Å². The average molecular weight is 484 g/mol. The van der Waals surface area contributed by atoms with Crippen LogP contribution in [-0.4, -0.2) is 9.66 Å². The van der Waals surface area contributed by atoms with Gasteiger partial charge in [0.15, 0.2) is 5.16 Å². The summed E-state index contributed by atoms with van der Waals surface area (Å²) in [6.07, 6.45) is 0. The summed E-state index contributed by atoms with van der Waals surface area (Å²) in [5.74, 6) is 6.60. The van der Waals surface area contributed by atoms with E-state index in [0.29, 0.717) is 26.7 Å². The molecule has 0 amide bonds. The van der Waals surface area contributed by atoms with E-state index in [1.54, 1.807) is 0 Å². The summed E-state index contributed by atoms with van der Waals surface area (Å²) in [5, 5.41) is 5.77. The minimum atomic E-state index is -0.419. The molecule has 0 aliphatic rings. The fourth-order valence-electron chi connectivity index (χ4n) is 4.19. The Kier molecular flexibility index (Phi) is 4.97. The number of nitrogens with two attached hydrogens (primary N) is 1. The van der Waals surface area contributed by atoms with Crippen LogP contribution in [0.4, 0.5) is 0 Å². The summed E-state index contributed by atoms with van der Waals surface area (Å²) in [6.45, 7) is 0. The monoisotopic (exact) mass is 483 g/mol. The zero-order chi connectivity index (χ0) is 23.2. The lowest BCUT2D eigenvalue weighted by atomic mass is 10.0. The van der Waals surface area contributed by atoms with E-state index in [2.05, 4.69) is 4.98 Å². The fourth-order valence-corrected chi connectivity index (χ4v) is 6.08. The van der Waals surface area contributed by atoms with Crippen molar-refractivity contribution in [2.75, 3.05) is 5.84 Å². The van der Waals surface area contributed by atoms with Gasteiger partial charge in [-0.15, -0.1) is 11.3 Å². The van der Waals surface area contributed by atoms with Crippen molar-refractivity contribution in [1.82, 2.24) is 9.66 Å². The highest BCUT2D eigenvalue weighted by Crippen LogP contribution is 2.34. The number of thiophene rings is 1. The lowest BCUT2D eigenvalue weighted by molar-refractivity contribution is 0.560. The van der Waals surface area contributed by atoms with Crippen molar-refractivity contribution in [3.8, 4) is 11.1 Å². The molecule has 6 nitrogen and oxygen atoms in total. The van der Waals surface area contributed by atoms with E-state index in [9.17, 15) is 9.59 Å². The Balaban J connectivity index is 1.44. The standard InChI is InChI=1S/C26H17N3O3S2/c27-29-25(31)23-19(15-6-2-1-3-7-15)14-33-24(23)28-26(29)34-13-17-12-21(30)32-20-11-10-16-8-4-5-9-18(16)22(17)20/h1-12,14H,13,27H2. The van der Waals surface area contributed by atoms with E-state index in [1.165, 1.54) is 29.2 Å². The Morgan fingerprint density at radius 2 is 1.76 bits per heavy atom. The van der Waals surface area contributed by atoms with Gasteiger partial charge in [0.25, 0.3) is 5.56 Å². The predicted molar refractivity (Wildman–Crippen MR) is 139 cm³/mol. The van der Waals surface area contributed by atoms with Crippen LogP contribution in [-0.2, 0) is 5.75 Å². The molecule has 0 radical (unpaired) electrons. The molecule has 0 unspecified atom stereocenters. The largest absolute Gasteiger partial charge is 0.423 e. The van der Waals surface area contributed by atoms with Gasteiger partial charge in [0.05, 0.1) is 5.39 Å². The third-order valence-electron chi connectivity index (χ3n) is 5.76. The lowest BCUT2D eigenvalue weighted by Crippen LogP contribution is -2.29. The molecule has 8 heteroatoms. The molecule has 0 saturated heterocycles. The predicted octanol–water partition coefficient (Wildman–Crippen LogP) is 5.39. The maximum atomic E-state index is 13.2. The van der Waals surface area contributed by atoms with Crippen molar-refractivity contribution < 1.29 is 4.42 Å². The summed E-state index contributed by atoms with van der Waals surface area (Å²) in [6, 6.07) is 22.9. The van der Waals surface area contributed by atoms with Crippen LogP contribution in [0.1, 0.15) is 5.56 Å². The van der Waals surface area contributed by atoms with Crippen molar-refractivity contribution in [1.29, 1.82) is 0 Å². The highest BCUT2D eigenvalue weighted by molar-refractivity contribution is 7.98. The van der Waals surface area contributed by atoms with Crippen molar-refractivity contribution in [2.24, 2.45) is 0 Å². The van der Waals surface area contributed by atoms with E-state index in [4.69, 9.17) is 10.3 Å². The van der Waals surface area contributed by atoms with Crippen molar-refractivity contribution in [2.45, 2.75) is 10.9 Å². The molecule has 0 aliphatic heterocycles. The van der Waals surface area contributed by atoms with Gasteiger partial charge in [-0.1, -0.05) is 72.4 Å². The van der Waals surface area contributed by atoms with Gasteiger partial charge in [0.2, 0.25) is 0 Å². The van der Waals surface area contributed by atoms with Gasteiger partial charge in [-0.2, -0.15) is 0 Å². The SMILES string of the molecule is Nn1c(SCc2cc(=O)oc3ccc4ccccc4c23)nc2scc(-c3ccccc3)c2c1=O. The molecule has 0 fully saturated rings. The topological polar surface area (TPSA) is 91.1 Å². The highest BCUT2D eigenvalue weighted by Gasteiger charge is 2.17. The Morgan fingerprint density at radius 3 is 2.62 bits per heavy atom. The number of nitrogen functional groups attached to an aromatic ring is 1. The van der Waals surface area contributed by atoms with Crippen LogP contribution in [0.5, 0.6) is 0 Å². The minimum Gasteiger partial charge on any atom is -0.423 e. The number of fused-ring (bicyclic) bond motifs is 4. The Bertz CT molecular complexity index is 1820. The molecule has 0 saturated carbocycles. The molecule has 6 aromatic rings. The second-order valence-electron chi connectivity index (χ2n) is 7.80. The van der Waals surface area contributed by atoms with E-state index in [-0.39, 0.29) is 5.56 Å². The van der Waals surface area contributed by atoms with E-state index in [1.807, 2.05) is 72.1 Å². The normalized spacial score (nSPS) is 11.5. The van der Waals surface area contributed by atoms with E-state index >= 15 is 0 Å². The van der Waals surface area contributed by atoms with Crippen molar-refractivity contribution >= 4 is 55.1 Å². The summed E-state index contributed by atoms with van der Waals surface area (Å²) < 4.78 is 6.54. The number of nitrogens with zero attached hydrogens (tertiary/aromatic N) is 2. The van der Waals surface area contributed by atoms with Crippen molar-refractivity contribution in [3.05, 3.63) is 105 Å². The second-order valence-corrected chi connectivity index (χ2v) is 9.60. The van der Waals surface area contributed by atoms with Gasteiger partial charge < -0.3 is 10.3 Å². The summed E-state index contributed by atoms with van der Waals surface area (Å²) in [5.41, 5.74) is 2.39. The van der Waals surface area contributed by atoms with Crippen LogP contribution in [0.25, 0.3) is 43.1 Å². The average Bonchev–Trinajstić information content (AvgIpc) is 3.29. The molecule has 0 spiro atoms. The van der Waals surface area contributed by atoms with Gasteiger partial charge in [0.1, 0.15) is 10.4 Å². The number of thioether (sulfide) groups is 1. The molecule has 0 bridgehead atoms. The molecular formula is C26H17N3O3S2. The van der Waals surface area contributed by atoms with Crippen LogP contribution < -0.4 is 17.0 Å². The van der Waals surface area contributed by atoms with Crippen LogP contribution in [0, 0.1) is 0 Å². The maximum Gasteiger partial charge on any atom is 0.336 e. The first-order valence-electron chi connectivity index (χ1n) is 10.5. The van der Waals surface area contributed by atoms with Gasteiger partial charge in [-0.3, -0.25) is 4.79 Å². The van der Waals surface area contributed by atoms with E-state index in [0.717, 1.165) is 37.5 Å². The van der Waals surface area contributed by atoms with Crippen molar-refractivity contribution in [3.63, 3.8) is 0 Å². The molecule has 3 heterocycles. The molecule has 0 atom stereocenters. The molecular weight excluding hydrogens is 466 g/mol. The van der Waals surface area contributed by atoms with Gasteiger partial charge in [-0.25, -0.2) is 14.5 Å². The first-order chi connectivity index (χ1) is 16.6. The number of aromatic nitrogens is 2. The summed E-state index contributed by atoms with van der Waals surface area (Å²) in [7, 11) is 0. The van der Waals surface area contributed by atoms with Crippen LogP contribution >= 0.6 is 23.1 Å². The molecule has 3 aromatic carbocycles. The zero-order valence-electron chi connectivity index (χ0n) is 17.7. The fraction of sp³-hybridized carbons (Fsp3) is 0.0385. The zero-order valence-corrected chi connectivity index (χ0v) is 19.4. The third-order valence-corrected chi connectivity index (χ3v) is 7.64. The molecule has 34 heavy (non-hydrogen) atoms. The van der Waals surface area contributed by atoms with Gasteiger partial charge in [0, 0.05) is 28.1 Å². The quantitative estimate of drug-likeness (QED) is 0.119. The van der Waals surface area contributed by atoms with Crippen LogP contribution in [0.15, 0.2) is 97.3 Å². The Morgan fingerprint density at radius 1 is 0.971 bits per heavy atom. The molecule has 2 N–H and O–H groups in total. The van der Waals surface area contributed by atoms with Gasteiger partial charge in [-0.05, 0) is 28.0 Å². The number of hydrogen-bond acceptors (Lipinski definition) is 7. The maximum absolute atomic E-state index is 13.2. The number of hydrogen-bond donors (Lipinski definition) is 1. The summed E-state index contributed by atoms with van der Waals surface area (Å²) >= 11 is 2.74. The minimum absolute atomic E-state index is 0.296. The number of benzene rings is 3. The first kappa shape index (κ1) is 20.7. The molecule has 166 valence electrons. The molecule has 3 aromatic heterocycles. The Hall–Kier alpha value is -3.88. The Labute approximate surface area is 201 Å². The second kappa shape index (κ2) is 8.16. The first-order valence-corrected chi connectivity index (χ1v) is 12.4. The molecule has 6 rings (SSSR count). The summed E-state index contributed by atoms with van der Waals surface area (Å²) in [4.78, 5) is 30.7. The molecule has 0 aliphatic carbocycles. The highest BCUT2D eigenvalue weighted by atomic mass is 32.2. The third kappa shape index (κ3) is 3.39. The smallest absolute Gasteiger partial charge is 0.336 e. The lowest BCUT2D eigenvalue weighted by Gasteiger charge is -2.10. The van der Waals surface area contributed by atoms with E-state index < -0.39 is 5.63 Å². The van der Waals surface area contributed by atoms with Gasteiger partial charge >= 0.3 is 5.63 Å². The van der Waals surface area contributed by atoms with Crippen LogP contribution in [0.3, 0.4) is 0 Å². The number of rotatable bonds is 4.